The Morgan fingerprint density at radius 1 is 1.67 bits per heavy atom. The Hall–Kier alpha value is -0.190. The van der Waals surface area contributed by atoms with Crippen molar-refractivity contribution in [3.8, 4) is 0 Å². The van der Waals surface area contributed by atoms with E-state index in [1.165, 1.54) is 6.42 Å². The molecule has 2 fully saturated rings. The molecule has 2 aliphatic rings. The summed E-state index contributed by atoms with van der Waals surface area (Å²) in [4.78, 5) is 0.996. The van der Waals surface area contributed by atoms with Crippen LogP contribution in [-0.4, -0.2) is 31.4 Å². The van der Waals surface area contributed by atoms with Gasteiger partial charge >= 0.3 is 0 Å². The molecule has 1 aliphatic carbocycles. The van der Waals surface area contributed by atoms with Crippen LogP contribution in [0, 0.1) is 11.8 Å². The molecule has 0 radical (unpaired) electrons. The van der Waals surface area contributed by atoms with Crippen LogP contribution >= 0.6 is 12.2 Å². The van der Waals surface area contributed by atoms with Gasteiger partial charge in [-0.05, 0) is 12.3 Å². The Bertz CT molecular complexity index is 191. The molecule has 3 atom stereocenters. The number of nitrogens with one attached hydrogen (secondary N) is 2. The molecule has 2 N–H and O–H groups in total. The number of hydrogen-bond acceptors (Lipinski definition) is 3. The maximum absolute atomic E-state index is 5.50. The molecule has 0 aromatic carbocycles. The van der Waals surface area contributed by atoms with E-state index in [-0.39, 0.29) is 0 Å². The summed E-state index contributed by atoms with van der Waals surface area (Å²) in [6, 6.07) is 0. The van der Waals surface area contributed by atoms with Crippen molar-refractivity contribution in [1.29, 1.82) is 0 Å². The smallest absolute Gasteiger partial charge is 0.0970 e. The topological polar surface area (TPSA) is 33.3 Å². The lowest BCUT2D eigenvalue weighted by atomic mass is 10.2. The second-order valence-corrected chi connectivity index (χ2v) is 3.86. The van der Waals surface area contributed by atoms with E-state index < -0.39 is 0 Å². The molecule has 2 rings (SSSR count). The Labute approximate surface area is 77.9 Å². The summed E-state index contributed by atoms with van der Waals surface area (Å²) < 4.78 is 5.50. The first-order valence-electron chi connectivity index (χ1n) is 4.37. The highest BCUT2D eigenvalue weighted by molar-refractivity contribution is 7.80. The van der Waals surface area contributed by atoms with Crippen molar-refractivity contribution in [2.75, 3.05) is 20.3 Å². The lowest BCUT2D eigenvalue weighted by Gasteiger charge is -2.07. The van der Waals surface area contributed by atoms with Gasteiger partial charge in [0, 0.05) is 19.5 Å². The minimum atomic E-state index is 0.404. The van der Waals surface area contributed by atoms with Gasteiger partial charge in [-0.25, -0.2) is 0 Å². The summed E-state index contributed by atoms with van der Waals surface area (Å²) >= 11 is 5.17. The second kappa shape index (κ2) is 3.28. The quantitative estimate of drug-likeness (QED) is 0.600. The standard InChI is InChI=1S/C8H14N2OS/c1-9-8(12)6-2-5(6)7-3-10-4-11-7/h5-7,10H,2-4H2,1H3,(H,9,12). The van der Waals surface area contributed by atoms with Gasteiger partial charge in [-0.3, -0.25) is 5.32 Å². The molecule has 3 unspecified atom stereocenters. The second-order valence-electron chi connectivity index (χ2n) is 3.42. The van der Waals surface area contributed by atoms with Crippen molar-refractivity contribution in [2.45, 2.75) is 12.5 Å². The van der Waals surface area contributed by atoms with E-state index in [2.05, 4.69) is 10.6 Å². The molecule has 0 bridgehead atoms. The van der Waals surface area contributed by atoms with Crippen LogP contribution in [-0.2, 0) is 4.74 Å². The lowest BCUT2D eigenvalue weighted by Crippen LogP contribution is -2.23. The maximum atomic E-state index is 5.50. The van der Waals surface area contributed by atoms with E-state index in [0.717, 1.165) is 11.5 Å². The van der Waals surface area contributed by atoms with Crippen molar-refractivity contribution in [3.05, 3.63) is 0 Å². The lowest BCUT2D eigenvalue weighted by molar-refractivity contribution is 0.0954. The molecule has 68 valence electrons. The predicted molar refractivity (Wildman–Crippen MR) is 51.0 cm³/mol. The largest absolute Gasteiger partial charge is 0.382 e. The van der Waals surface area contributed by atoms with Crippen LogP contribution in [0.2, 0.25) is 0 Å². The van der Waals surface area contributed by atoms with Crippen molar-refractivity contribution in [1.82, 2.24) is 10.6 Å². The highest BCUT2D eigenvalue weighted by Gasteiger charge is 2.46. The van der Waals surface area contributed by atoms with Gasteiger partial charge in [-0.1, -0.05) is 12.2 Å². The molecule has 1 heterocycles. The zero-order valence-electron chi connectivity index (χ0n) is 7.17. The Morgan fingerprint density at radius 2 is 2.50 bits per heavy atom. The molecule has 1 aliphatic heterocycles. The first-order valence-corrected chi connectivity index (χ1v) is 4.77. The number of thiocarbonyl (C=S) groups is 1. The van der Waals surface area contributed by atoms with Gasteiger partial charge in [0.15, 0.2) is 0 Å². The third-order valence-corrected chi connectivity index (χ3v) is 3.15. The summed E-state index contributed by atoms with van der Waals surface area (Å²) in [5.41, 5.74) is 0. The van der Waals surface area contributed by atoms with E-state index >= 15 is 0 Å². The van der Waals surface area contributed by atoms with Crippen LogP contribution < -0.4 is 10.6 Å². The molecule has 0 amide bonds. The fourth-order valence-corrected chi connectivity index (χ4v) is 2.08. The minimum Gasteiger partial charge on any atom is -0.382 e. The van der Waals surface area contributed by atoms with Crippen molar-refractivity contribution in [3.63, 3.8) is 0 Å². The summed E-state index contributed by atoms with van der Waals surface area (Å²) in [7, 11) is 1.89. The van der Waals surface area contributed by atoms with Gasteiger partial charge in [0.1, 0.15) is 0 Å². The van der Waals surface area contributed by atoms with Crippen molar-refractivity contribution < 1.29 is 4.74 Å². The molecule has 0 spiro atoms. The van der Waals surface area contributed by atoms with Crippen LogP contribution in [0.1, 0.15) is 6.42 Å². The third-order valence-electron chi connectivity index (χ3n) is 2.65. The monoisotopic (exact) mass is 186 g/mol. The fraction of sp³-hybridized carbons (Fsp3) is 0.875. The molecule has 3 nitrogen and oxygen atoms in total. The van der Waals surface area contributed by atoms with Gasteiger partial charge in [-0.2, -0.15) is 0 Å². The summed E-state index contributed by atoms with van der Waals surface area (Å²) in [6.07, 6.45) is 1.60. The highest BCUT2D eigenvalue weighted by Crippen LogP contribution is 2.43. The van der Waals surface area contributed by atoms with E-state index in [0.29, 0.717) is 24.7 Å². The first-order chi connectivity index (χ1) is 5.83. The van der Waals surface area contributed by atoms with Crippen LogP contribution in [0.5, 0.6) is 0 Å². The van der Waals surface area contributed by atoms with Crippen LogP contribution in [0.15, 0.2) is 0 Å². The summed E-state index contributed by atoms with van der Waals surface area (Å²) in [5.74, 6) is 1.25. The molecular formula is C8H14N2OS. The van der Waals surface area contributed by atoms with Crippen LogP contribution in [0.4, 0.5) is 0 Å². The zero-order chi connectivity index (χ0) is 8.55. The SMILES string of the molecule is CNC(=S)C1CC1C1CNCO1. The van der Waals surface area contributed by atoms with Crippen LogP contribution in [0.3, 0.4) is 0 Å². The molecule has 1 saturated heterocycles. The minimum absolute atomic E-state index is 0.404. The van der Waals surface area contributed by atoms with Gasteiger partial charge in [0.05, 0.1) is 17.8 Å². The van der Waals surface area contributed by atoms with E-state index in [1.54, 1.807) is 0 Å². The van der Waals surface area contributed by atoms with E-state index in [1.807, 2.05) is 7.05 Å². The van der Waals surface area contributed by atoms with Crippen molar-refractivity contribution >= 4 is 17.2 Å². The molecular weight excluding hydrogens is 172 g/mol. The number of hydrogen-bond donors (Lipinski definition) is 2. The molecule has 1 saturated carbocycles. The van der Waals surface area contributed by atoms with E-state index in [9.17, 15) is 0 Å². The number of rotatable bonds is 2. The molecule has 4 heteroatoms. The van der Waals surface area contributed by atoms with Gasteiger partial charge in [0.2, 0.25) is 0 Å². The van der Waals surface area contributed by atoms with Gasteiger partial charge in [-0.15, -0.1) is 0 Å². The summed E-state index contributed by atoms with van der Waals surface area (Å²) in [5, 5.41) is 6.22. The van der Waals surface area contributed by atoms with Gasteiger partial charge in [0.25, 0.3) is 0 Å². The Balaban J connectivity index is 1.82. The highest BCUT2D eigenvalue weighted by atomic mass is 32.1. The molecule has 0 aromatic heterocycles. The first kappa shape index (κ1) is 8.41. The zero-order valence-corrected chi connectivity index (χ0v) is 7.99. The summed E-state index contributed by atoms with van der Waals surface area (Å²) in [6.45, 7) is 1.70. The van der Waals surface area contributed by atoms with Gasteiger partial charge < -0.3 is 10.1 Å². The maximum Gasteiger partial charge on any atom is 0.0970 e. The average molecular weight is 186 g/mol. The van der Waals surface area contributed by atoms with E-state index in [4.69, 9.17) is 17.0 Å². The normalized spacial score (nSPS) is 39.6. The Morgan fingerprint density at radius 3 is 3.08 bits per heavy atom. The van der Waals surface area contributed by atoms with Crippen LogP contribution in [0.25, 0.3) is 0 Å². The molecule has 0 aromatic rings. The third kappa shape index (κ3) is 1.46. The number of ether oxygens (including phenoxy) is 1. The molecule has 12 heavy (non-hydrogen) atoms. The Kier molecular flexibility index (Phi) is 2.30. The average Bonchev–Trinajstić information content (AvgIpc) is 2.71. The predicted octanol–water partition coefficient (Wildman–Crippen LogP) is 0.115. The van der Waals surface area contributed by atoms with Crippen molar-refractivity contribution in [2.24, 2.45) is 11.8 Å². The fourth-order valence-electron chi connectivity index (χ4n) is 1.81.